The number of hydrogen-bond donors (Lipinski definition) is 1. The Morgan fingerprint density at radius 1 is 1.19 bits per heavy atom. The molecular formula is C17H28N2O2. The number of para-hydroxylation sites is 1. The van der Waals surface area contributed by atoms with Gasteiger partial charge in [-0.3, -0.25) is 4.79 Å². The third-order valence-corrected chi connectivity index (χ3v) is 2.97. The first-order valence-corrected chi connectivity index (χ1v) is 7.57. The molecule has 0 heterocycles. The molecule has 0 saturated heterocycles. The highest BCUT2D eigenvalue weighted by atomic mass is 16.6. The normalized spacial score (nSPS) is 11.2. The van der Waals surface area contributed by atoms with Gasteiger partial charge in [-0.15, -0.1) is 0 Å². The molecule has 0 amide bonds. The van der Waals surface area contributed by atoms with E-state index in [4.69, 9.17) is 4.74 Å². The second-order valence-electron chi connectivity index (χ2n) is 6.20. The van der Waals surface area contributed by atoms with Crippen LogP contribution in [-0.4, -0.2) is 38.3 Å². The molecule has 0 aliphatic rings. The van der Waals surface area contributed by atoms with Crippen LogP contribution in [0.5, 0.6) is 0 Å². The van der Waals surface area contributed by atoms with Gasteiger partial charge in [-0.25, -0.2) is 0 Å². The lowest BCUT2D eigenvalue weighted by molar-refractivity contribution is -0.154. The van der Waals surface area contributed by atoms with E-state index in [1.807, 2.05) is 39.0 Å². The number of anilines is 1. The molecule has 0 aliphatic carbocycles. The Morgan fingerprint density at radius 3 is 2.48 bits per heavy atom. The molecule has 0 spiro atoms. The molecule has 0 unspecified atom stereocenters. The van der Waals surface area contributed by atoms with Gasteiger partial charge in [0.25, 0.3) is 0 Å². The van der Waals surface area contributed by atoms with Gasteiger partial charge in [0.2, 0.25) is 0 Å². The molecule has 0 atom stereocenters. The third-order valence-electron chi connectivity index (χ3n) is 2.97. The summed E-state index contributed by atoms with van der Waals surface area (Å²) >= 11 is 0. The Bertz CT molecular complexity index is 413. The van der Waals surface area contributed by atoms with Crippen LogP contribution in [0, 0.1) is 0 Å². The zero-order chi connectivity index (χ0) is 15.7. The van der Waals surface area contributed by atoms with Gasteiger partial charge in [-0.2, -0.15) is 0 Å². The molecular weight excluding hydrogens is 264 g/mol. The maximum absolute atomic E-state index is 11.5. The molecule has 0 fully saturated rings. The largest absolute Gasteiger partial charge is 0.460 e. The summed E-state index contributed by atoms with van der Waals surface area (Å²) in [6.07, 6.45) is 1.46. The SMILES string of the molecule is CN(CCCNCCC(=O)OC(C)(C)C)c1ccccc1. The quantitative estimate of drug-likeness (QED) is 0.591. The van der Waals surface area contributed by atoms with Gasteiger partial charge < -0.3 is 15.0 Å². The van der Waals surface area contributed by atoms with Crippen molar-refractivity contribution < 1.29 is 9.53 Å². The zero-order valence-electron chi connectivity index (χ0n) is 13.7. The molecule has 1 N–H and O–H groups in total. The number of ether oxygens (including phenoxy) is 1. The number of esters is 1. The fraction of sp³-hybridized carbons (Fsp3) is 0.588. The average molecular weight is 292 g/mol. The number of nitrogens with zero attached hydrogens (tertiary/aromatic N) is 1. The summed E-state index contributed by atoms with van der Waals surface area (Å²) in [4.78, 5) is 13.7. The van der Waals surface area contributed by atoms with Gasteiger partial charge >= 0.3 is 5.97 Å². The Balaban J connectivity index is 2.06. The Hall–Kier alpha value is -1.55. The van der Waals surface area contributed by atoms with E-state index in [0.29, 0.717) is 13.0 Å². The average Bonchev–Trinajstić information content (AvgIpc) is 2.41. The lowest BCUT2D eigenvalue weighted by Gasteiger charge is -2.20. The fourth-order valence-electron chi connectivity index (χ4n) is 1.96. The number of benzene rings is 1. The van der Waals surface area contributed by atoms with Crippen molar-refractivity contribution in [2.24, 2.45) is 0 Å². The van der Waals surface area contributed by atoms with Crippen molar-refractivity contribution in [3.05, 3.63) is 30.3 Å². The second-order valence-corrected chi connectivity index (χ2v) is 6.20. The van der Waals surface area contributed by atoms with Crippen molar-refractivity contribution in [3.63, 3.8) is 0 Å². The van der Waals surface area contributed by atoms with Crippen LogP contribution in [0.1, 0.15) is 33.6 Å². The lowest BCUT2D eigenvalue weighted by atomic mass is 10.2. The summed E-state index contributed by atoms with van der Waals surface area (Å²) in [6.45, 7) is 8.22. The Kier molecular flexibility index (Phi) is 7.23. The van der Waals surface area contributed by atoms with E-state index in [1.165, 1.54) is 5.69 Å². The molecule has 1 aromatic carbocycles. The highest BCUT2D eigenvalue weighted by Crippen LogP contribution is 2.10. The monoisotopic (exact) mass is 292 g/mol. The van der Waals surface area contributed by atoms with Gasteiger partial charge in [0.1, 0.15) is 5.60 Å². The maximum atomic E-state index is 11.5. The molecule has 0 radical (unpaired) electrons. The molecule has 1 aromatic rings. The molecule has 0 saturated carbocycles. The molecule has 21 heavy (non-hydrogen) atoms. The minimum Gasteiger partial charge on any atom is -0.460 e. The Morgan fingerprint density at radius 2 is 1.86 bits per heavy atom. The van der Waals surface area contributed by atoms with Crippen LogP contribution in [0.4, 0.5) is 5.69 Å². The summed E-state index contributed by atoms with van der Waals surface area (Å²) < 4.78 is 5.25. The van der Waals surface area contributed by atoms with Gasteiger partial charge in [0.05, 0.1) is 6.42 Å². The predicted molar refractivity (Wildman–Crippen MR) is 87.7 cm³/mol. The molecule has 0 aliphatic heterocycles. The molecule has 0 aromatic heterocycles. The molecule has 4 heteroatoms. The first kappa shape index (κ1) is 17.5. The summed E-state index contributed by atoms with van der Waals surface area (Å²) in [5, 5.41) is 3.28. The van der Waals surface area contributed by atoms with Gasteiger partial charge in [-0.05, 0) is 45.9 Å². The van der Waals surface area contributed by atoms with Crippen LogP contribution in [0.3, 0.4) is 0 Å². The highest BCUT2D eigenvalue weighted by molar-refractivity contribution is 5.70. The van der Waals surface area contributed by atoms with E-state index in [-0.39, 0.29) is 5.97 Å². The first-order valence-electron chi connectivity index (χ1n) is 7.57. The topological polar surface area (TPSA) is 41.6 Å². The fourth-order valence-corrected chi connectivity index (χ4v) is 1.96. The summed E-state index contributed by atoms with van der Waals surface area (Å²) in [7, 11) is 2.09. The van der Waals surface area contributed by atoms with Gasteiger partial charge in [-0.1, -0.05) is 18.2 Å². The van der Waals surface area contributed by atoms with E-state index in [9.17, 15) is 4.79 Å². The van der Waals surface area contributed by atoms with Crippen molar-refractivity contribution >= 4 is 11.7 Å². The van der Waals surface area contributed by atoms with Gasteiger partial charge in [0.15, 0.2) is 0 Å². The highest BCUT2D eigenvalue weighted by Gasteiger charge is 2.15. The lowest BCUT2D eigenvalue weighted by Crippen LogP contribution is -2.28. The minimum absolute atomic E-state index is 0.142. The molecule has 1 rings (SSSR count). The summed E-state index contributed by atoms with van der Waals surface area (Å²) in [6, 6.07) is 10.3. The van der Waals surface area contributed by atoms with Crippen molar-refractivity contribution in [2.75, 3.05) is 31.6 Å². The number of nitrogens with one attached hydrogen (secondary N) is 1. The Labute approximate surface area is 128 Å². The predicted octanol–water partition coefficient (Wildman–Crippen LogP) is 2.83. The van der Waals surface area contributed by atoms with Crippen LogP contribution < -0.4 is 10.2 Å². The van der Waals surface area contributed by atoms with E-state index in [0.717, 1.165) is 19.5 Å². The zero-order valence-corrected chi connectivity index (χ0v) is 13.7. The van der Waals surface area contributed by atoms with E-state index in [2.05, 4.69) is 29.4 Å². The van der Waals surface area contributed by atoms with E-state index in [1.54, 1.807) is 0 Å². The van der Waals surface area contributed by atoms with Crippen LogP contribution in [-0.2, 0) is 9.53 Å². The number of rotatable bonds is 8. The van der Waals surface area contributed by atoms with Crippen molar-refractivity contribution in [3.8, 4) is 0 Å². The second kappa shape index (κ2) is 8.67. The number of carbonyl (C=O) groups excluding carboxylic acids is 1. The van der Waals surface area contributed by atoms with Crippen LogP contribution in [0.2, 0.25) is 0 Å². The molecule has 118 valence electrons. The third kappa shape index (κ3) is 8.35. The standard InChI is InChI=1S/C17H28N2O2/c1-17(2,3)21-16(20)11-13-18-12-8-14-19(4)15-9-6-5-7-10-15/h5-7,9-10,18H,8,11-14H2,1-4H3. The first-order chi connectivity index (χ1) is 9.88. The number of carbonyl (C=O) groups is 1. The molecule has 0 bridgehead atoms. The van der Waals surface area contributed by atoms with Crippen molar-refractivity contribution in [1.29, 1.82) is 0 Å². The van der Waals surface area contributed by atoms with E-state index < -0.39 is 5.60 Å². The summed E-state index contributed by atoms with van der Waals surface area (Å²) in [5.41, 5.74) is 0.835. The summed E-state index contributed by atoms with van der Waals surface area (Å²) in [5.74, 6) is -0.142. The number of hydrogen-bond acceptors (Lipinski definition) is 4. The maximum Gasteiger partial charge on any atom is 0.307 e. The smallest absolute Gasteiger partial charge is 0.307 e. The van der Waals surface area contributed by atoms with Crippen LogP contribution >= 0.6 is 0 Å². The van der Waals surface area contributed by atoms with Crippen molar-refractivity contribution in [2.45, 2.75) is 39.2 Å². The van der Waals surface area contributed by atoms with Crippen LogP contribution in [0.25, 0.3) is 0 Å². The minimum atomic E-state index is -0.393. The molecule has 4 nitrogen and oxygen atoms in total. The van der Waals surface area contributed by atoms with Gasteiger partial charge in [0, 0.05) is 25.8 Å². The van der Waals surface area contributed by atoms with Crippen molar-refractivity contribution in [1.82, 2.24) is 5.32 Å². The van der Waals surface area contributed by atoms with E-state index >= 15 is 0 Å². The van der Waals surface area contributed by atoms with Crippen LogP contribution in [0.15, 0.2) is 30.3 Å².